The van der Waals surface area contributed by atoms with Crippen LogP contribution in [0.25, 0.3) is 0 Å². The predicted molar refractivity (Wildman–Crippen MR) is 67.3 cm³/mol. The standard InChI is InChI=1S/C12H17NO2S/c1-10(8-14)16-9-12(15)13-7-11-5-3-2-4-6-11/h2-6,10,14H,7-9H2,1H3,(H,13,15). The van der Waals surface area contributed by atoms with Gasteiger partial charge in [-0.25, -0.2) is 0 Å². The fourth-order valence-corrected chi connectivity index (χ4v) is 1.76. The smallest absolute Gasteiger partial charge is 0.230 e. The first-order chi connectivity index (χ1) is 7.72. The largest absolute Gasteiger partial charge is 0.395 e. The minimum Gasteiger partial charge on any atom is -0.395 e. The van der Waals surface area contributed by atoms with Gasteiger partial charge in [0.25, 0.3) is 0 Å². The summed E-state index contributed by atoms with van der Waals surface area (Å²) in [6, 6.07) is 9.80. The van der Waals surface area contributed by atoms with Crippen molar-refractivity contribution in [3.63, 3.8) is 0 Å². The zero-order valence-corrected chi connectivity index (χ0v) is 10.2. The van der Waals surface area contributed by atoms with Crippen molar-refractivity contribution in [3.05, 3.63) is 35.9 Å². The number of aliphatic hydroxyl groups is 1. The Morgan fingerprint density at radius 1 is 1.44 bits per heavy atom. The Bertz CT molecular complexity index is 316. The summed E-state index contributed by atoms with van der Waals surface area (Å²) in [7, 11) is 0. The van der Waals surface area contributed by atoms with Crippen molar-refractivity contribution in [2.45, 2.75) is 18.7 Å². The van der Waals surface area contributed by atoms with Crippen molar-refractivity contribution in [2.24, 2.45) is 0 Å². The summed E-state index contributed by atoms with van der Waals surface area (Å²) in [5.74, 6) is 0.406. The van der Waals surface area contributed by atoms with E-state index >= 15 is 0 Å². The van der Waals surface area contributed by atoms with Crippen molar-refractivity contribution in [1.82, 2.24) is 5.32 Å². The molecule has 0 aliphatic carbocycles. The van der Waals surface area contributed by atoms with Crippen LogP contribution in [0.1, 0.15) is 12.5 Å². The normalized spacial score (nSPS) is 12.1. The van der Waals surface area contributed by atoms with E-state index in [0.29, 0.717) is 12.3 Å². The molecule has 1 aromatic rings. The van der Waals surface area contributed by atoms with Gasteiger partial charge in [0.05, 0.1) is 12.4 Å². The topological polar surface area (TPSA) is 49.3 Å². The lowest BCUT2D eigenvalue weighted by Crippen LogP contribution is -2.25. The summed E-state index contributed by atoms with van der Waals surface area (Å²) in [4.78, 5) is 11.4. The lowest BCUT2D eigenvalue weighted by Gasteiger charge is -2.08. The summed E-state index contributed by atoms with van der Waals surface area (Å²) in [5, 5.41) is 11.8. The first-order valence-corrected chi connectivity index (χ1v) is 6.30. The highest BCUT2D eigenvalue weighted by Gasteiger charge is 2.05. The Morgan fingerprint density at radius 3 is 2.75 bits per heavy atom. The number of thioether (sulfide) groups is 1. The average Bonchev–Trinajstić information content (AvgIpc) is 2.34. The van der Waals surface area contributed by atoms with Crippen molar-refractivity contribution in [2.75, 3.05) is 12.4 Å². The molecule has 88 valence electrons. The Labute approximate surface area is 100 Å². The third-order valence-corrected chi connectivity index (χ3v) is 3.24. The van der Waals surface area contributed by atoms with Crippen LogP contribution in [0.2, 0.25) is 0 Å². The molecule has 0 radical (unpaired) electrons. The fourth-order valence-electron chi connectivity index (χ4n) is 1.12. The average molecular weight is 239 g/mol. The molecule has 0 bridgehead atoms. The number of aliphatic hydroxyl groups excluding tert-OH is 1. The van der Waals surface area contributed by atoms with Gasteiger partial charge in [0, 0.05) is 11.8 Å². The molecule has 0 aliphatic heterocycles. The molecule has 3 nitrogen and oxygen atoms in total. The lowest BCUT2D eigenvalue weighted by atomic mass is 10.2. The van der Waals surface area contributed by atoms with Crippen LogP contribution in [0.15, 0.2) is 30.3 Å². The molecule has 1 unspecified atom stereocenters. The summed E-state index contributed by atoms with van der Waals surface area (Å²) in [6.07, 6.45) is 0. The maximum Gasteiger partial charge on any atom is 0.230 e. The predicted octanol–water partition coefficient (Wildman–Crippen LogP) is 1.42. The number of amides is 1. The zero-order chi connectivity index (χ0) is 11.8. The Hall–Kier alpha value is -1.00. The van der Waals surface area contributed by atoms with E-state index in [0.717, 1.165) is 5.56 Å². The van der Waals surface area contributed by atoms with Gasteiger partial charge in [-0.05, 0) is 5.56 Å². The second kappa shape index (κ2) is 7.30. The Kier molecular flexibility index (Phi) is 5.96. The van der Waals surface area contributed by atoms with Gasteiger partial charge < -0.3 is 10.4 Å². The van der Waals surface area contributed by atoms with Crippen molar-refractivity contribution in [3.8, 4) is 0 Å². The molecule has 0 aliphatic rings. The van der Waals surface area contributed by atoms with Gasteiger partial charge in [-0.2, -0.15) is 0 Å². The van der Waals surface area contributed by atoms with Crippen LogP contribution < -0.4 is 5.32 Å². The molecule has 2 N–H and O–H groups in total. The van der Waals surface area contributed by atoms with Crippen LogP contribution in [0.5, 0.6) is 0 Å². The van der Waals surface area contributed by atoms with Crippen LogP contribution in [-0.2, 0) is 11.3 Å². The van der Waals surface area contributed by atoms with E-state index < -0.39 is 0 Å². The molecular weight excluding hydrogens is 222 g/mol. The molecule has 1 amide bonds. The quantitative estimate of drug-likeness (QED) is 0.789. The molecule has 0 heterocycles. The fraction of sp³-hybridized carbons (Fsp3) is 0.417. The van der Waals surface area contributed by atoms with Crippen LogP contribution in [-0.4, -0.2) is 28.6 Å². The lowest BCUT2D eigenvalue weighted by molar-refractivity contribution is -0.118. The summed E-state index contributed by atoms with van der Waals surface area (Å²) < 4.78 is 0. The van der Waals surface area contributed by atoms with E-state index in [2.05, 4.69) is 5.32 Å². The number of hydrogen-bond acceptors (Lipinski definition) is 3. The van der Waals surface area contributed by atoms with Crippen molar-refractivity contribution < 1.29 is 9.90 Å². The van der Waals surface area contributed by atoms with Crippen LogP contribution >= 0.6 is 11.8 Å². The first kappa shape index (κ1) is 13.1. The van der Waals surface area contributed by atoms with Gasteiger partial charge in [0.2, 0.25) is 5.91 Å². The highest BCUT2D eigenvalue weighted by Crippen LogP contribution is 2.08. The molecule has 16 heavy (non-hydrogen) atoms. The molecule has 4 heteroatoms. The van der Waals surface area contributed by atoms with E-state index in [9.17, 15) is 4.79 Å². The van der Waals surface area contributed by atoms with Crippen LogP contribution in [0.4, 0.5) is 0 Å². The maximum absolute atomic E-state index is 11.4. The Morgan fingerprint density at radius 2 is 2.12 bits per heavy atom. The minimum absolute atomic E-state index is 0.00848. The third-order valence-electron chi connectivity index (χ3n) is 2.09. The second-order valence-corrected chi connectivity index (χ2v) is 4.99. The van der Waals surface area contributed by atoms with Gasteiger partial charge in [-0.1, -0.05) is 37.3 Å². The Balaban J connectivity index is 2.20. The van der Waals surface area contributed by atoms with Gasteiger partial charge >= 0.3 is 0 Å². The van der Waals surface area contributed by atoms with Gasteiger partial charge in [-0.15, -0.1) is 11.8 Å². The van der Waals surface area contributed by atoms with Crippen molar-refractivity contribution in [1.29, 1.82) is 0 Å². The summed E-state index contributed by atoms with van der Waals surface area (Å²) in [6.45, 7) is 2.57. The number of rotatable bonds is 6. The number of benzene rings is 1. The zero-order valence-electron chi connectivity index (χ0n) is 9.35. The number of carbonyl (C=O) groups excluding carboxylic acids is 1. The first-order valence-electron chi connectivity index (χ1n) is 5.25. The van der Waals surface area contributed by atoms with E-state index in [-0.39, 0.29) is 17.8 Å². The monoisotopic (exact) mass is 239 g/mol. The van der Waals surface area contributed by atoms with E-state index in [1.54, 1.807) is 0 Å². The molecule has 0 saturated heterocycles. The molecule has 1 rings (SSSR count). The molecule has 0 spiro atoms. The van der Waals surface area contributed by atoms with Gasteiger partial charge in [-0.3, -0.25) is 4.79 Å². The number of hydrogen-bond donors (Lipinski definition) is 2. The second-order valence-electron chi connectivity index (χ2n) is 3.57. The molecule has 0 fully saturated rings. The SMILES string of the molecule is CC(CO)SCC(=O)NCc1ccccc1. The van der Waals surface area contributed by atoms with Crippen LogP contribution in [0.3, 0.4) is 0 Å². The van der Waals surface area contributed by atoms with Gasteiger partial charge in [0.1, 0.15) is 0 Å². The molecule has 0 aromatic heterocycles. The number of nitrogens with one attached hydrogen (secondary N) is 1. The highest BCUT2D eigenvalue weighted by atomic mass is 32.2. The highest BCUT2D eigenvalue weighted by molar-refractivity contribution is 8.00. The van der Waals surface area contributed by atoms with E-state index in [4.69, 9.17) is 5.11 Å². The maximum atomic E-state index is 11.4. The summed E-state index contributed by atoms with van der Waals surface area (Å²) >= 11 is 1.46. The van der Waals surface area contributed by atoms with Crippen LogP contribution in [0, 0.1) is 0 Å². The van der Waals surface area contributed by atoms with Gasteiger partial charge in [0.15, 0.2) is 0 Å². The molecule has 0 saturated carbocycles. The third kappa shape index (κ3) is 5.19. The minimum atomic E-state index is 0.00848. The summed E-state index contributed by atoms with van der Waals surface area (Å²) in [5.41, 5.74) is 1.09. The molecule has 1 aromatic carbocycles. The molecule has 1 atom stereocenters. The number of carbonyl (C=O) groups is 1. The van der Waals surface area contributed by atoms with Crippen molar-refractivity contribution >= 4 is 17.7 Å². The van der Waals surface area contributed by atoms with E-state index in [1.807, 2.05) is 37.3 Å². The van der Waals surface area contributed by atoms with E-state index in [1.165, 1.54) is 11.8 Å². The molecular formula is C12H17NO2S.